The highest BCUT2D eigenvalue weighted by Gasteiger charge is 2.20. The first-order valence-corrected chi connectivity index (χ1v) is 15.3. The lowest BCUT2D eigenvalue weighted by Crippen LogP contribution is -2.24. The highest BCUT2D eigenvalue weighted by molar-refractivity contribution is 9.10. The van der Waals surface area contributed by atoms with Gasteiger partial charge >= 0.3 is 5.97 Å². The summed E-state index contributed by atoms with van der Waals surface area (Å²) in [6.45, 7) is 0.0374. The Morgan fingerprint density at radius 3 is 1.77 bits per heavy atom. The third kappa shape index (κ3) is 6.69. The molecule has 0 saturated carbocycles. The van der Waals surface area contributed by atoms with Crippen LogP contribution >= 0.6 is 15.9 Å². The summed E-state index contributed by atoms with van der Waals surface area (Å²) in [4.78, 5) is 33.3. The number of nitrogens with one attached hydrogen (secondary N) is 1. The van der Waals surface area contributed by atoms with Crippen LogP contribution in [0.2, 0.25) is 0 Å². The Labute approximate surface area is 280 Å². The van der Waals surface area contributed by atoms with Gasteiger partial charge in [0.15, 0.2) is 11.4 Å². The summed E-state index contributed by atoms with van der Waals surface area (Å²) < 4.78 is 49.1. The van der Waals surface area contributed by atoms with Crippen molar-refractivity contribution >= 4 is 38.8 Å². The second kappa shape index (κ2) is 13.9. The lowest BCUT2D eigenvalue weighted by atomic mass is 10.2. The number of amides is 1. The number of hydrogen-bond acceptors (Lipinski definition) is 5. The summed E-state index contributed by atoms with van der Waals surface area (Å²) >= 11 is 3.21. The van der Waals surface area contributed by atoms with Gasteiger partial charge in [-0.05, 0) is 84.9 Å². The molecule has 48 heavy (non-hydrogen) atoms. The lowest BCUT2D eigenvalue weighted by molar-refractivity contribution is 0.0597. The van der Waals surface area contributed by atoms with Crippen molar-refractivity contribution in [3.63, 3.8) is 0 Å². The van der Waals surface area contributed by atoms with Crippen LogP contribution in [0.1, 0.15) is 26.5 Å². The van der Waals surface area contributed by atoms with E-state index in [1.165, 1.54) is 37.4 Å². The molecule has 240 valence electrons. The smallest absolute Gasteiger partial charge is 0.358 e. The Morgan fingerprint density at radius 1 is 0.729 bits per heavy atom. The molecule has 7 rings (SSSR count). The third-order valence-electron chi connectivity index (χ3n) is 7.35. The van der Waals surface area contributed by atoms with Gasteiger partial charge in [-0.1, -0.05) is 34.1 Å². The molecule has 4 heterocycles. The summed E-state index contributed by atoms with van der Waals surface area (Å²) in [6.07, 6.45) is 3.58. The van der Waals surface area contributed by atoms with Crippen molar-refractivity contribution in [1.82, 2.24) is 24.1 Å². The number of nitrogens with zero attached hydrogens (tertiary/aromatic N) is 4. The molecule has 0 fully saturated rings. The van der Waals surface area contributed by atoms with E-state index in [1.54, 1.807) is 75.8 Å². The number of halogens is 4. The highest BCUT2D eigenvalue weighted by Crippen LogP contribution is 2.25. The number of esters is 1. The van der Waals surface area contributed by atoms with Crippen molar-refractivity contribution in [2.75, 3.05) is 7.11 Å². The van der Waals surface area contributed by atoms with E-state index in [-0.39, 0.29) is 29.6 Å². The molecule has 4 aromatic heterocycles. The molecular formula is C36H25BrF3N5O3. The molecule has 8 nitrogen and oxygen atoms in total. The van der Waals surface area contributed by atoms with E-state index in [2.05, 4.69) is 31.2 Å². The zero-order valence-electron chi connectivity index (χ0n) is 25.2. The molecule has 0 unspecified atom stereocenters. The van der Waals surface area contributed by atoms with E-state index >= 15 is 0 Å². The van der Waals surface area contributed by atoms with Crippen molar-refractivity contribution in [2.45, 2.75) is 6.54 Å². The van der Waals surface area contributed by atoms with E-state index in [0.29, 0.717) is 38.3 Å². The van der Waals surface area contributed by atoms with E-state index in [4.69, 9.17) is 4.74 Å². The van der Waals surface area contributed by atoms with Gasteiger partial charge in [-0.15, -0.1) is 0 Å². The normalized spacial score (nSPS) is 10.9. The Kier molecular flexibility index (Phi) is 9.35. The molecule has 1 amide bonds. The van der Waals surface area contributed by atoms with Crippen LogP contribution in [0.3, 0.4) is 0 Å². The molecule has 0 spiro atoms. The molecular weight excluding hydrogens is 687 g/mol. The molecule has 7 aromatic rings. The second-order valence-corrected chi connectivity index (χ2v) is 11.3. The van der Waals surface area contributed by atoms with E-state index < -0.39 is 17.7 Å². The molecule has 12 heteroatoms. The first-order chi connectivity index (χ1) is 23.2. The summed E-state index contributed by atoms with van der Waals surface area (Å²) in [7, 11) is 1.31. The number of ether oxygens (including phenoxy) is 1. The van der Waals surface area contributed by atoms with Gasteiger partial charge in [0, 0.05) is 40.1 Å². The average Bonchev–Trinajstić information content (AvgIpc) is 3.68. The quantitative estimate of drug-likeness (QED) is 0.177. The number of fused-ring (bicyclic) bond motifs is 2. The fraction of sp³-hybridized carbons (Fsp3) is 0.0556. The topological polar surface area (TPSA) is 90.0 Å². The molecule has 0 bridgehead atoms. The van der Waals surface area contributed by atoms with Gasteiger partial charge in [0.1, 0.15) is 29.1 Å². The number of benzene rings is 3. The number of imidazole rings is 2. The number of rotatable bonds is 6. The number of methoxy groups -OCH3 is 1. The van der Waals surface area contributed by atoms with Gasteiger partial charge in [0.25, 0.3) is 5.91 Å². The van der Waals surface area contributed by atoms with E-state index in [1.807, 2.05) is 18.2 Å². The Morgan fingerprint density at radius 2 is 1.25 bits per heavy atom. The molecule has 0 aliphatic heterocycles. The standard InChI is InChI=1S/C21H14BrF2N3O.C15H11FN2O2/c22-15-7-4-14(17(24)11-15)12-25-21(28)19-18-3-1-2-10-27(18)20(26-19)13-5-8-16(23)9-6-13;1-20-15(19)13-12-4-2-3-9-18(12)14(17-13)10-5-7-11(16)8-6-10/h1-11H,12H2,(H,25,28);2-9H,1H3. The lowest BCUT2D eigenvalue weighted by Gasteiger charge is -2.05. The Bertz CT molecular complexity index is 2270. The summed E-state index contributed by atoms with van der Waals surface area (Å²) in [5.41, 5.74) is 3.50. The minimum absolute atomic E-state index is 0.0374. The molecule has 0 atom stereocenters. The minimum atomic E-state index is -0.498. The van der Waals surface area contributed by atoms with Crippen molar-refractivity contribution in [2.24, 2.45) is 0 Å². The average molecular weight is 713 g/mol. The fourth-order valence-electron chi connectivity index (χ4n) is 5.02. The number of hydrogen-bond donors (Lipinski definition) is 1. The minimum Gasteiger partial charge on any atom is -0.464 e. The fourth-order valence-corrected chi connectivity index (χ4v) is 5.35. The number of aromatic nitrogens is 4. The first kappa shape index (κ1) is 32.2. The van der Waals surface area contributed by atoms with Gasteiger partial charge in [-0.3, -0.25) is 13.6 Å². The number of carbonyl (C=O) groups is 2. The maximum atomic E-state index is 14.0. The predicted molar refractivity (Wildman–Crippen MR) is 178 cm³/mol. The van der Waals surface area contributed by atoms with Gasteiger partial charge < -0.3 is 10.1 Å². The second-order valence-electron chi connectivity index (χ2n) is 10.4. The van der Waals surface area contributed by atoms with Crippen LogP contribution in [0.15, 0.2) is 120 Å². The van der Waals surface area contributed by atoms with E-state index in [9.17, 15) is 22.8 Å². The molecule has 3 aromatic carbocycles. The Hall–Kier alpha value is -5.75. The maximum absolute atomic E-state index is 14.0. The number of carbonyl (C=O) groups excluding carboxylic acids is 2. The predicted octanol–water partition coefficient (Wildman–Crippen LogP) is 7.90. The van der Waals surface area contributed by atoms with Crippen molar-refractivity contribution < 1.29 is 27.5 Å². The molecule has 0 radical (unpaired) electrons. The van der Waals surface area contributed by atoms with Gasteiger partial charge in [0.2, 0.25) is 0 Å². The third-order valence-corrected chi connectivity index (χ3v) is 7.84. The largest absolute Gasteiger partial charge is 0.464 e. The molecule has 0 aliphatic rings. The first-order valence-electron chi connectivity index (χ1n) is 14.5. The van der Waals surface area contributed by atoms with Crippen LogP contribution in [0.5, 0.6) is 0 Å². The van der Waals surface area contributed by atoms with Crippen molar-refractivity contribution in [1.29, 1.82) is 0 Å². The zero-order valence-corrected chi connectivity index (χ0v) is 26.8. The maximum Gasteiger partial charge on any atom is 0.358 e. The van der Waals surface area contributed by atoms with Crippen LogP contribution in [0.4, 0.5) is 13.2 Å². The summed E-state index contributed by atoms with van der Waals surface area (Å²) in [5, 5.41) is 2.71. The van der Waals surface area contributed by atoms with Crippen molar-refractivity contribution in [3.05, 3.63) is 154 Å². The van der Waals surface area contributed by atoms with Crippen LogP contribution in [0.25, 0.3) is 33.8 Å². The van der Waals surface area contributed by atoms with Crippen molar-refractivity contribution in [3.8, 4) is 22.8 Å². The van der Waals surface area contributed by atoms with Crippen LogP contribution < -0.4 is 5.32 Å². The molecule has 1 N–H and O–H groups in total. The van der Waals surface area contributed by atoms with Gasteiger partial charge in [-0.2, -0.15) is 0 Å². The van der Waals surface area contributed by atoms with Gasteiger partial charge in [0.05, 0.1) is 18.1 Å². The van der Waals surface area contributed by atoms with Crippen LogP contribution in [-0.2, 0) is 11.3 Å². The monoisotopic (exact) mass is 711 g/mol. The highest BCUT2D eigenvalue weighted by atomic mass is 79.9. The molecule has 0 aliphatic carbocycles. The zero-order chi connectivity index (χ0) is 33.8. The molecule has 0 saturated heterocycles. The van der Waals surface area contributed by atoms with E-state index in [0.717, 1.165) is 5.56 Å². The van der Waals surface area contributed by atoms with Gasteiger partial charge in [-0.25, -0.2) is 27.9 Å². The summed E-state index contributed by atoms with van der Waals surface area (Å²) in [6, 6.07) is 27.4. The van der Waals surface area contributed by atoms with Crippen LogP contribution in [0, 0.1) is 17.5 Å². The summed E-state index contributed by atoms with van der Waals surface area (Å²) in [5.74, 6) is -0.892. The number of pyridine rings is 2. The SMILES string of the molecule is COC(=O)c1nc(-c2ccc(F)cc2)n2ccccc12.O=C(NCc1ccc(Br)cc1F)c1nc(-c2ccc(F)cc2)n2ccccc12. The Balaban J connectivity index is 0.000000177. The van der Waals surface area contributed by atoms with Crippen LogP contribution in [-0.4, -0.2) is 37.8 Å².